The van der Waals surface area contributed by atoms with Crippen LogP contribution in [-0.2, 0) is 11.4 Å². The lowest BCUT2D eigenvalue weighted by molar-refractivity contribution is -0.141. The fraction of sp³-hybridized carbons (Fsp3) is 0.350. The number of ether oxygens (including phenoxy) is 1. The van der Waals surface area contributed by atoms with Gasteiger partial charge in [-0.3, -0.25) is 14.6 Å². The molecule has 0 spiro atoms. The maximum atomic E-state index is 13.4. The van der Waals surface area contributed by atoms with Crippen molar-refractivity contribution >= 4 is 23.4 Å². The van der Waals surface area contributed by atoms with Gasteiger partial charge in [0.15, 0.2) is 6.61 Å². The Morgan fingerprint density at radius 3 is 2.59 bits per heavy atom. The van der Waals surface area contributed by atoms with Crippen LogP contribution in [0.15, 0.2) is 36.5 Å². The van der Waals surface area contributed by atoms with E-state index in [0.717, 1.165) is 6.07 Å². The number of carbonyl (C=O) groups excluding carboxylic acids is 2. The van der Waals surface area contributed by atoms with Crippen LogP contribution < -0.4 is 15.4 Å². The zero-order valence-corrected chi connectivity index (χ0v) is 16.1. The third-order valence-electron chi connectivity index (χ3n) is 5.31. The van der Waals surface area contributed by atoms with E-state index in [1.807, 2.05) is 0 Å². The molecule has 0 atom stereocenters. The highest BCUT2D eigenvalue weighted by atomic mass is 35.5. The van der Waals surface area contributed by atoms with Crippen LogP contribution in [0.4, 0.5) is 4.39 Å². The summed E-state index contributed by atoms with van der Waals surface area (Å²) in [7, 11) is 0. The van der Waals surface area contributed by atoms with Gasteiger partial charge in [0.25, 0.3) is 11.8 Å². The molecule has 0 aliphatic heterocycles. The van der Waals surface area contributed by atoms with Crippen LogP contribution in [0, 0.1) is 5.82 Å². The zero-order valence-electron chi connectivity index (χ0n) is 15.4. The summed E-state index contributed by atoms with van der Waals surface area (Å²) < 4.78 is 18.7. The van der Waals surface area contributed by atoms with Gasteiger partial charge in [-0.1, -0.05) is 11.6 Å². The van der Waals surface area contributed by atoms with E-state index in [2.05, 4.69) is 15.6 Å². The minimum absolute atomic E-state index is 0.0127. The molecule has 9 heteroatoms. The molecule has 3 aliphatic carbocycles. The number of nitrogens with zero attached hydrogens (tertiary/aromatic N) is 1. The second-order valence-electron chi connectivity index (χ2n) is 7.67. The molecule has 152 valence electrons. The average Bonchev–Trinajstić information content (AvgIpc) is 2.66. The predicted octanol–water partition coefficient (Wildman–Crippen LogP) is 1.97. The number of nitrogens with one attached hydrogen (secondary N) is 2. The molecule has 2 bridgehead atoms. The van der Waals surface area contributed by atoms with E-state index >= 15 is 0 Å². The molecule has 2 aromatic rings. The fourth-order valence-electron chi connectivity index (χ4n) is 4.10. The van der Waals surface area contributed by atoms with Crippen LogP contribution in [0.2, 0.25) is 5.02 Å². The van der Waals surface area contributed by atoms with Crippen molar-refractivity contribution in [1.82, 2.24) is 15.6 Å². The number of hydrogen-bond acceptors (Lipinski definition) is 5. The van der Waals surface area contributed by atoms with Gasteiger partial charge in [0.05, 0.1) is 11.6 Å². The summed E-state index contributed by atoms with van der Waals surface area (Å²) in [5.41, 5.74) is 0.204. The molecule has 1 heterocycles. The molecule has 3 fully saturated rings. The number of aromatic nitrogens is 1. The summed E-state index contributed by atoms with van der Waals surface area (Å²) in [5.74, 6) is -0.994. The van der Waals surface area contributed by atoms with Gasteiger partial charge in [-0.15, -0.1) is 0 Å². The highest BCUT2D eigenvalue weighted by molar-refractivity contribution is 6.30. The summed E-state index contributed by atoms with van der Waals surface area (Å²) >= 11 is 5.61. The lowest BCUT2D eigenvalue weighted by atomic mass is 9.44. The Morgan fingerprint density at radius 2 is 1.90 bits per heavy atom. The van der Waals surface area contributed by atoms with Crippen molar-refractivity contribution < 1.29 is 23.8 Å². The van der Waals surface area contributed by atoms with E-state index in [9.17, 15) is 14.0 Å². The van der Waals surface area contributed by atoms with Gasteiger partial charge in [0, 0.05) is 23.3 Å². The van der Waals surface area contributed by atoms with Crippen LogP contribution in [0.5, 0.6) is 5.75 Å². The number of pyridine rings is 1. The van der Waals surface area contributed by atoms with Gasteiger partial charge >= 0.3 is 0 Å². The second-order valence-corrected chi connectivity index (χ2v) is 8.07. The smallest absolute Gasteiger partial charge is 0.270 e. The van der Waals surface area contributed by atoms with Crippen LogP contribution in [-0.4, -0.2) is 39.6 Å². The molecule has 0 saturated heterocycles. The maximum Gasteiger partial charge on any atom is 0.270 e. The van der Waals surface area contributed by atoms with Crippen LogP contribution in [0.1, 0.15) is 35.3 Å². The van der Waals surface area contributed by atoms with E-state index in [4.69, 9.17) is 21.4 Å². The van der Waals surface area contributed by atoms with E-state index in [0.29, 0.717) is 24.8 Å². The Hall–Kier alpha value is -2.71. The average molecular weight is 420 g/mol. The fourth-order valence-corrected chi connectivity index (χ4v) is 4.22. The number of rotatable bonds is 7. The van der Waals surface area contributed by atoms with Gasteiger partial charge in [0.2, 0.25) is 0 Å². The first-order valence-electron chi connectivity index (χ1n) is 9.09. The summed E-state index contributed by atoms with van der Waals surface area (Å²) in [5, 5.41) is 15.1. The first-order valence-corrected chi connectivity index (χ1v) is 9.47. The van der Waals surface area contributed by atoms with Crippen molar-refractivity contribution in [1.29, 1.82) is 0 Å². The Kier molecular flexibility index (Phi) is 4.92. The van der Waals surface area contributed by atoms with Crippen molar-refractivity contribution in [2.24, 2.45) is 0 Å². The van der Waals surface area contributed by atoms with E-state index < -0.39 is 5.82 Å². The molecule has 3 aliphatic rings. The quantitative estimate of drug-likeness (QED) is 0.637. The number of halogens is 2. The summed E-state index contributed by atoms with van der Waals surface area (Å²) in [4.78, 5) is 28.6. The highest BCUT2D eigenvalue weighted by Gasteiger charge is 2.69. The lowest BCUT2D eigenvalue weighted by Gasteiger charge is -2.70. The Morgan fingerprint density at radius 1 is 1.17 bits per heavy atom. The normalized spacial score (nSPS) is 24.1. The summed E-state index contributed by atoms with van der Waals surface area (Å²) in [6.45, 7) is -0.395. The SMILES string of the molecule is O=C(COc1ccc(Cl)c(F)c1)NC12CC(NC(=O)c3cc(CO)ccn3)(C1)C2. The molecular weight excluding hydrogens is 401 g/mol. The number of hydrogen-bond donors (Lipinski definition) is 3. The van der Waals surface area contributed by atoms with Gasteiger partial charge in [-0.2, -0.15) is 0 Å². The standard InChI is InChI=1S/C20H19ClFN3O4/c21-14-2-1-13(6-15(14)22)29-8-17(27)24-19-9-20(10-19,11-19)25-18(28)16-5-12(7-26)3-4-23-16/h1-6,26H,7-11H2,(H,24,27)(H,25,28). The van der Waals surface area contributed by atoms with Crippen molar-refractivity contribution in [3.63, 3.8) is 0 Å². The first kappa shape index (κ1) is 19.6. The van der Waals surface area contributed by atoms with Crippen molar-refractivity contribution in [3.8, 4) is 5.75 Å². The van der Waals surface area contributed by atoms with Crippen molar-refractivity contribution in [2.75, 3.05) is 6.61 Å². The van der Waals surface area contributed by atoms with Gasteiger partial charge in [0.1, 0.15) is 17.3 Å². The molecule has 2 amide bonds. The number of aliphatic hydroxyl groups excluding tert-OH is 1. The van der Waals surface area contributed by atoms with E-state index in [-0.39, 0.29) is 52.6 Å². The summed E-state index contributed by atoms with van der Waals surface area (Å²) in [6, 6.07) is 7.17. The predicted molar refractivity (Wildman–Crippen MR) is 102 cm³/mol. The zero-order chi connectivity index (χ0) is 20.6. The largest absolute Gasteiger partial charge is 0.484 e. The highest BCUT2D eigenvalue weighted by Crippen LogP contribution is 2.60. The molecular formula is C20H19ClFN3O4. The molecule has 1 aromatic carbocycles. The Bertz CT molecular complexity index is 964. The molecule has 7 nitrogen and oxygen atoms in total. The Balaban J connectivity index is 1.24. The second kappa shape index (κ2) is 7.27. The minimum atomic E-state index is -0.610. The number of benzene rings is 1. The van der Waals surface area contributed by atoms with Crippen molar-refractivity contribution in [3.05, 3.63) is 58.6 Å². The van der Waals surface area contributed by atoms with Crippen molar-refractivity contribution in [2.45, 2.75) is 36.9 Å². The lowest BCUT2D eigenvalue weighted by Crippen LogP contribution is -2.84. The number of carbonyl (C=O) groups is 2. The van der Waals surface area contributed by atoms with Gasteiger partial charge < -0.3 is 20.5 Å². The van der Waals surface area contributed by atoms with E-state index in [1.165, 1.54) is 18.3 Å². The van der Waals surface area contributed by atoms with Crippen LogP contribution in [0.3, 0.4) is 0 Å². The first-order chi connectivity index (χ1) is 13.8. The van der Waals surface area contributed by atoms with Gasteiger partial charge in [-0.05, 0) is 49.1 Å². The topological polar surface area (TPSA) is 101 Å². The summed E-state index contributed by atoms with van der Waals surface area (Å²) in [6.07, 6.45) is 3.38. The molecule has 5 rings (SSSR count). The third-order valence-corrected chi connectivity index (χ3v) is 5.62. The molecule has 0 radical (unpaired) electrons. The third kappa shape index (κ3) is 3.90. The molecule has 0 unspecified atom stereocenters. The monoisotopic (exact) mass is 419 g/mol. The molecule has 29 heavy (non-hydrogen) atoms. The van der Waals surface area contributed by atoms with E-state index in [1.54, 1.807) is 12.1 Å². The molecule has 1 aromatic heterocycles. The minimum Gasteiger partial charge on any atom is -0.484 e. The molecule has 3 N–H and O–H groups in total. The number of amides is 2. The van der Waals surface area contributed by atoms with Crippen LogP contribution in [0.25, 0.3) is 0 Å². The number of aliphatic hydroxyl groups is 1. The maximum absolute atomic E-state index is 13.4. The van der Waals surface area contributed by atoms with Gasteiger partial charge in [-0.25, -0.2) is 4.39 Å². The Labute approximate surface area is 171 Å². The molecule has 3 saturated carbocycles. The van der Waals surface area contributed by atoms with Crippen LogP contribution >= 0.6 is 11.6 Å².